The van der Waals surface area contributed by atoms with E-state index >= 15 is 0 Å². The molecule has 0 saturated heterocycles. The van der Waals surface area contributed by atoms with Crippen LogP contribution in [0.25, 0.3) is 0 Å². The van der Waals surface area contributed by atoms with E-state index in [2.05, 4.69) is 36.7 Å². The van der Waals surface area contributed by atoms with Gasteiger partial charge in [0.1, 0.15) is 10.9 Å². The highest BCUT2D eigenvalue weighted by atomic mass is 79.9. The molecule has 132 valence electrons. The summed E-state index contributed by atoms with van der Waals surface area (Å²) in [5, 5.41) is 0.589. The van der Waals surface area contributed by atoms with Crippen LogP contribution in [0.2, 0.25) is 0 Å². The minimum atomic E-state index is -0.442. The second-order valence-electron chi connectivity index (χ2n) is 5.62. The maximum Gasteiger partial charge on any atom is 0.274 e. The van der Waals surface area contributed by atoms with Gasteiger partial charge in [0.05, 0.1) is 11.3 Å². The third-order valence-electron chi connectivity index (χ3n) is 3.41. The van der Waals surface area contributed by atoms with Crippen LogP contribution >= 0.6 is 27.7 Å². The maximum atomic E-state index is 12.5. The number of nitrogens with zero attached hydrogens (tertiary/aromatic N) is 2. The Morgan fingerprint density at radius 1 is 1.08 bits per heavy atom. The Bertz CT molecular complexity index is 794. The van der Waals surface area contributed by atoms with Gasteiger partial charge in [-0.2, -0.15) is 0 Å². The number of nitrogens with one attached hydrogen (secondary N) is 2. The second-order valence-corrected chi connectivity index (χ2v) is 7.33. The Balaban J connectivity index is 2.15. The summed E-state index contributed by atoms with van der Waals surface area (Å²) < 4.78 is 0.871. The highest BCUT2D eigenvalue weighted by molar-refractivity contribution is 9.10. The summed E-state index contributed by atoms with van der Waals surface area (Å²) in [4.78, 5) is 33.4. The molecule has 0 saturated carbocycles. The lowest BCUT2D eigenvalue weighted by Gasteiger charge is -2.14. The topological polar surface area (TPSA) is 84.0 Å². The van der Waals surface area contributed by atoms with Crippen molar-refractivity contribution in [2.45, 2.75) is 31.7 Å². The fourth-order valence-corrected chi connectivity index (χ4v) is 2.98. The number of aryl methyl sites for hydroxylation is 1. The molecule has 2 aromatic rings. The fraction of sp³-hybridized carbons (Fsp3) is 0.294. The van der Waals surface area contributed by atoms with E-state index in [1.54, 1.807) is 31.2 Å². The van der Waals surface area contributed by atoms with Crippen molar-refractivity contribution >= 4 is 39.5 Å². The van der Waals surface area contributed by atoms with Gasteiger partial charge in [-0.3, -0.25) is 20.4 Å². The molecular weight excluding hydrogens is 404 g/mol. The smallest absolute Gasteiger partial charge is 0.267 e. The molecule has 1 aromatic carbocycles. The van der Waals surface area contributed by atoms with Crippen LogP contribution in [0.15, 0.2) is 33.8 Å². The van der Waals surface area contributed by atoms with Crippen molar-refractivity contribution in [1.29, 1.82) is 0 Å². The van der Waals surface area contributed by atoms with Crippen LogP contribution in [0.4, 0.5) is 0 Å². The van der Waals surface area contributed by atoms with Crippen molar-refractivity contribution in [3.05, 3.63) is 51.4 Å². The molecule has 1 aromatic heterocycles. The number of halogens is 1. The lowest BCUT2D eigenvalue weighted by Crippen LogP contribution is -2.42. The lowest BCUT2D eigenvalue weighted by atomic mass is 10.1. The van der Waals surface area contributed by atoms with E-state index in [4.69, 9.17) is 0 Å². The molecule has 0 fully saturated rings. The standard InChI is InChI=1S/C17H19BrN4O2S/c1-9(2)14-19-10(3)13(17(20-14)25-4)16(24)22-21-15(23)11-5-7-12(18)8-6-11/h5-9H,1-4H3,(H,21,23)(H,22,24). The van der Waals surface area contributed by atoms with Gasteiger partial charge >= 0.3 is 0 Å². The molecule has 6 nitrogen and oxygen atoms in total. The molecule has 0 atom stereocenters. The summed E-state index contributed by atoms with van der Waals surface area (Å²) in [6.45, 7) is 5.76. The first-order valence-corrected chi connectivity index (χ1v) is 9.64. The van der Waals surface area contributed by atoms with E-state index in [1.807, 2.05) is 20.1 Å². The third-order valence-corrected chi connectivity index (χ3v) is 4.62. The summed E-state index contributed by atoms with van der Waals surface area (Å²) in [5.41, 5.74) is 6.24. The van der Waals surface area contributed by atoms with Crippen molar-refractivity contribution in [3.8, 4) is 0 Å². The summed E-state index contributed by atoms with van der Waals surface area (Å²) in [6.07, 6.45) is 1.85. The van der Waals surface area contributed by atoms with E-state index in [1.165, 1.54) is 11.8 Å². The van der Waals surface area contributed by atoms with E-state index in [0.29, 0.717) is 27.7 Å². The SMILES string of the molecule is CSc1nc(C(C)C)nc(C)c1C(=O)NNC(=O)c1ccc(Br)cc1. The molecule has 25 heavy (non-hydrogen) atoms. The fourth-order valence-electron chi connectivity index (χ4n) is 2.08. The number of thioether (sulfide) groups is 1. The Morgan fingerprint density at radius 2 is 1.68 bits per heavy atom. The Labute approximate surface area is 159 Å². The largest absolute Gasteiger partial charge is 0.274 e. The molecule has 2 rings (SSSR count). The van der Waals surface area contributed by atoms with E-state index in [0.717, 1.165) is 4.47 Å². The van der Waals surface area contributed by atoms with Crippen molar-refractivity contribution in [2.24, 2.45) is 0 Å². The molecule has 0 aliphatic heterocycles. The number of hydrogen-bond donors (Lipinski definition) is 2. The molecular formula is C17H19BrN4O2S. The zero-order valence-electron chi connectivity index (χ0n) is 14.4. The number of rotatable bonds is 4. The molecule has 0 radical (unpaired) electrons. The maximum absolute atomic E-state index is 12.5. The normalized spacial score (nSPS) is 10.6. The first-order chi connectivity index (χ1) is 11.8. The average molecular weight is 423 g/mol. The molecule has 2 N–H and O–H groups in total. The Hall–Kier alpha value is -1.93. The predicted molar refractivity (Wildman–Crippen MR) is 102 cm³/mol. The minimum absolute atomic E-state index is 0.166. The van der Waals surface area contributed by atoms with Crippen LogP contribution in [0.5, 0.6) is 0 Å². The molecule has 0 unspecified atom stereocenters. The quantitative estimate of drug-likeness (QED) is 0.447. The number of amides is 2. The number of hydrogen-bond acceptors (Lipinski definition) is 5. The number of carbonyl (C=O) groups is 2. The van der Waals surface area contributed by atoms with Crippen LogP contribution in [0.1, 0.15) is 52.0 Å². The van der Waals surface area contributed by atoms with Crippen molar-refractivity contribution < 1.29 is 9.59 Å². The summed E-state index contributed by atoms with van der Waals surface area (Å²) in [6, 6.07) is 6.83. The van der Waals surface area contributed by atoms with Crippen LogP contribution in [0.3, 0.4) is 0 Å². The van der Waals surface area contributed by atoms with Gasteiger partial charge in [0.25, 0.3) is 11.8 Å². The molecule has 8 heteroatoms. The van der Waals surface area contributed by atoms with Crippen LogP contribution in [0, 0.1) is 6.92 Å². The van der Waals surface area contributed by atoms with E-state index in [9.17, 15) is 9.59 Å². The number of hydrazine groups is 1. The minimum Gasteiger partial charge on any atom is -0.267 e. The monoisotopic (exact) mass is 422 g/mol. The molecule has 0 spiro atoms. The van der Waals surface area contributed by atoms with Gasteiger partial charge in [-0.05, 0) is 37.4 Å². The highest BCUT2D eigenvalue weighted by Gasteiger charge is 2.20. The van der Waals surface area contributed by atoms with Crippen molar-refractivity contribution in [3.63, 3.8) is 0 Å². The summed E-state index contributed by atoms with van der Waals surface area (Å²) in [5.74, 6) is 0.0164. The van der Waals surface area contributed by atoms with E-state index in [-0.39, 0.29) is 5.92 Å². The van der Waals surface area contributed by atoms with Gasteiger partial charge in [-0.1, -0.05) is 29.8 Å². The summed E-state index contributed by atoms with van der Waals surface area (Å²) >= 11 is 4.68. The Kier molecular flexibility index (Phi) is 6.55. The first-order valence-electron chi connectivity index (χ1n) is 7.62. The third kappa shape index (κ3) is 4.79. The lowest BCUT2D eigenvalue weighted by molar-refractivity contribution is 0.0844. The van der Waals surface area contributed by atoms with Crippen molar-refractivity contribution in [1.82, 2.24) is 20.8 Å². The molecule has 2 amide bonds. The Morgan fingerprint density at radius 3 is 2.24 bits per heavy atom. The van der Waals surface area contributed by atoms with Gasteiger partial charge in [0.2, 0.25) is 0 Å². The highest BCUT2D eigenvalue weighted by Crippen LogP contribution is 2.22. The molecule has 0 aliphatic rings. The van der Waals surface area contributed by atoms with Crippen LogP contribution < -0.4 is 10.9 Å². The number of benzene rings is 1. The molecule has 0 aliphatic carbocycles. The second kappa shape index (κ2) is 8.44. The zero-order chi connectivity index (χ0) is 18.6. The van der Waals surface area contributed by atoms with Crippen LogP contribution in [-0.2, 0) is 0 Å². The van der Waals surface area contributed by atoms with Gasteiger partial charge in [-0.25, -0.2) is 9.97 Å². The number of aromatic nitrogens is 2. The van der Waals surface area contributed by atoms with Gasteiger partial charge in [0.15, 0.2) is 0 Å². The van der Waals surface area contributed by atoms with E-state index < -0.39 is 11.8 Å². The average Bonchev–Trinajstić information content (AvgIpc) is 2.59. The zero-order valence-corrected chi connectivity index (χ0v) is 16.8. The predicted octanol–water partition coefficient (Wildman–Crippen LogP) is 3.47. The van der Waals surface area contributed by atoms with Gasteiger partial charge < -0.3 is 0 Å². The molecule has 0 bridgehead atoms. The van der Waals surface area contributed by atoms with Gasteiger partial charge in [0, 0.05) is 16.0 Å². The van der Waals surface area contributed by atoms with Gasteiger partial charge in [-0.15, -0.1) is 11.8 Å². The molecule has 1 heterocycles. The van der Waals surface area contributed by atoms with Crippen molar-refractivity contribution in [2.75, 3.05) is 6.26 Å². The first kappa shape index (κ1) is 19.4. The number of carbonyl (C=O) groups excluding carboxylic acids is 2. The van der Waals surface area contributed by atoms with Crippen LogP contribution in [-0.4, -0.2) is 28.0 Å². The summed E-state index contributed by atoms with van der Waals surface area (Å²) in [7, 11) is 0.